The van der Waals surface area contributed by atoms with Crippen molar-refractivity contribution in [1.82, 2.24) is 14.8 Å². The Labute approximate surface area is 146 Å². The highest BCUT2D eigenvalue weighted by Crippen LogP contribution is 2.52. The maximum absolute atomic E-state index is 12.4. The molecule has 0 aromatic carbocycles. The quantitative estimate of drug-likeness (QED) is 0.873. The Balaban J connectivity index is 1.31. The zero-order valence-electron chi connectivity index (χ0n) is 14.0. The van der Waals surface area contributed by atoms with E-state index in [1.54, 1.807) is 11.3 Å². The molecule has 4 rings (SSSR count). The van der Waals surface area contributed by atoms with E-state index >= 15 is 0 Å². The molecule has 3 unspecified atom stereocenters. The van der Waals surface area contributed by atoms with Crippen LogP contribution in [0.5, 0.6) is 0 Å². The summed E-state index contributed by atoms with van der Waals surface area (Å²) in [4.78, 5) is 21.1. The van der Waals surface area contributed by atoms with E-state index in [9.17, 15) is 4.79 Å². The van der Waals surface area contributed by atoms with Gasteiger partial charge in [-0.2, -0.15) is 0 Å². The van der Waals surface area contributed by atoms with Gasteiger partial charge in [0.15, 0.2) is 5.13 Å². The molecular formula is C17H26N4O2S. The first-order valence-corrected chi connectivity index (χ1v) is 9.95. The van der Waals surface area contributed by atoms with E-state index < -0.39 is 0 Å². The number of fused-ring (bicyclic) bond motifs is 2. The number of aromatic nitrogens is 1. The molecule has 3 fully saturated rings. The number of urea groups is 1. The molecule has 1 aromatic rings. The summed E-state index contributed by atoms with van der Waals surface area (Å²) in [6.07, 6.45) is 5.42. The number of amides is 2. The second-order valence-corrected chi connectivity index (χ2v) is 8.20. The summed E-state index contributed by atoms with van der Waals surface area (Å²) in [6.45, 7) is 3.92. The highest BCUT2D eigenvalue weighted by atomic mass is 32.1. The summed E-state index contributed by atoms with van der Waals surface area (Å²) < 4.78 is 0. The van der Waals surface area contributed by atoms with Gasteiger partial charge in [-0.25, -0.2) is 9.78 Å². The Morgan fingerprint density at radius 3 is 2.79 bits per heavy atom. The number of rotatable bonds is 4. The average Bonchev–Trinajstić information content (AvgIpc) is 3.32. The molecule has 0 radical (unpaired) electrons. The van der Waals surface area contributed by atoms with Crippen molar-refractivity contribution >= 4 is 22.5 Å². The van der Waals surface area contributed by atoms with Crippen LogP contribution in [0.4, 0.5) is 9.93 Å². The minimum Gasteiger partial charge on any atom is -0.395 e. The van der Waals surface area contributed by atoms with Crippen LogP contribution < -0.4 is 5.32 Å². The molecule has 1 aromatic heterocycles. The first-order valence-electron chi connectivity index (χ1n) is 9.07. The predicted octanol–water partition coefficient (Wildman–Crippen LogP) is 2.19. The van der Waals surface area contributed by atoms with Crippen LogP contribution in [-0.2, 0) is 0 Å². The van der Waals surface area contributed by atoms with Gasteiger partial charge in [0.25, 0.3) is 0 Å². The Bertz CT molecular complexity index is 585. The SMILES string of the molecule is O=C(Nc1nc(C2CC3CCC2C3)cs1)N1CCN(CCO)CC1. The van der Waals surface area contributed by atoms with Crippen LogP contribution in [0.3, 0.4) is 0 Å². The molecule has 7 heteroatoms. The largest absolute Gasteiger partial charge is 0.395 e. The van der Waals surface area contributed by atoms with Crippen LogP contribution in [0.15, 0.2) is 5.38 Å². The first-order chi connectivity index (χ1) is 11.7. The summed E-state index contributed by atoms with van der Waals surface area (Å²) in [7, 11) is 0. The van der Waals surface area contributed by atoms with Crippen molar-refractivity contribution in [1.29, 1.82) is 0 Å². The summed E-state index contributed by atoms with van der Waals surface area (Å²) >= 11 is 1.55. The molecule has 2 heterocycles. The summed E-state index contributed by atoms with van der Waals surface area (Å²) in [6, 6.07) is -0.0486. The number of nitrogens with zero attached hydrogens (tertiary/aromatic N) is 3. The fraction of sp³-hybridized carbons (Fsp3) is 0.765. The fourth-order valence-electron chi connectivity index (χ4n) is 4.61. The van der Waals surface area contributed by atoms with Gasteiger partial charge in [-0.15, -0.1) is 11.3 Å². The molecule has 2 saturated carbocycles. The molecule has 2 amide bonds. The second-order valence-electron chi connectivity index (χ2n) is 7.34. The van der Waals surface area contributed by atoms with E-state index in [-0.39, 0.29) is 12.6 Å². The van der Waals surface area contributed by atoms with Gasteiger partial charge in [-0.1, -0.05) is 6.42 Å². The molecule has 0 spiro atoms. The van der Waals surface area contributed by atoms with E-state index in [0.29, 0.717) is 25.6 Å². The van der Waals surface area contributed by atoms with Crippen molar-refractivity contribution in [3.8, 4) is 0 Å². The molecule has 1 saturated heterocycles. The molecule has 2 aliphatic carbocycles. The normalized spacial score (nSPS) is 30.0. The van der Waals surface area contributed by atoms with E-state index in [2.05, 4.69) is 15.6 Å². The number of hydrogen-bond donors (Lipinski definition) is 2. The molecule has 2 N–H and O–H groups in total. The molecule has 6 nitrogen and oxygen atoms in total. The topological polar surface area (TPSA) is 68.7 Å². The predicted molar refractivity (Wildman–Crippen MR) is 94.4 cm³/mol. The minimum atomic E-state index is -0.0486. The highest BCUT2D eigenvalue weighted by molar-refractivity contribution is 7.13. The lowest BCUT2D eigenvalue weighted by Gasteiger charge is -2.34. The second kappa shape index (κ2) is 6.98. The summed E-state index contributed by atoms with van der Waals surface area (Å²) in [5.74, 6) is 2.35. The molecule has 3 aliphatic rings. The third-order valence-corrected chi connectivity index (χ3v) is 6.71. The van der Waals surface area contributed by atoms with Crippen LogP contribution in [-0.4, -0.2) is 65.3 Å². The van der Waals surface area contributed by atoms with E-state index in [1.807, 2.05) is 4.90 Å². The molecule has 24 heavy (non-hydrogen) atoms. The molecule has 3 atom stereocenters. The van der Waals surface area contributed by atoms with E-state index in [4.69, 9.17) is 10.1 Å². The van der Waals surface area contributed by atoms with Crippen LogP contribution >= 0.6 is 11.3 Å². The fourth-order valence-corrected chi connectivity index (χ4v) is 5.37. The Kier molecular flexibility index (Phi) is 4.74. The van der Waals surface area contributed by atoms with Crippen LogP contribution in [0.2, 0.25) is 0 Å². The first kappa shape index (κ1) is 16.3. The zero-order chi connectivity index (χ0) is 16.5. The van der Waals surface area contributed by atoms with Crippen molar-refractivity contribution in [2.24, 2.45) is 11.8 Å². The van der Waals surface area contributed by atoms with Gasteiger partial charge < -0.3 is 10.0 Å². The Hall–Kier alpha value is -1.18. The number of carbonyl (C=O) groups is 1. The standard InChI is InChI=1S/C17H26N4O2S/c22-8-7-20-3-5-21(6-4-20)17(23)19-16-18-15(11-24-16)14-10-12-1-2-13(14)9-12/h11-14,22H,1-10H2,(H,18,19,23). The monoisotopic (exact) mass is 350 g/mol. The Morgan fingerprint density at radius 2 is 2.12 bits per heavy atom. The maximum atomic E-state index is 12.4. The number of β-amino-alcohol motifs (C(OH)–C–C–N with tert-alkyl or cyclic N) is 1. The van der Waals surface area contributed by atoms with Crippen LogP contribution in [0.1, 0.15) is 37.3 Å². The van der Waals surface area contributed by atoms with Crippen molar-refractivity contribution in [3.63, 3.8) is 0 Å². The number of thiazole rings is 1. The minimum absolute atomic E-state index is 0.0486. The van der Waals surface area contributed by atoms with E-state index in [0.717, 1.165) is 30.1 Å². The van der Waals surface area contributed by atoms with Gasteiger partial charge in [0.1, 0.15) is 0 Å². The third-order valence-electron chi connectivity index (χ3n) is 5.93. The smallest absolute Gasteiger partial charge is 0.323 e. The Morgan fingerprint density at radius 1 is 1.29 bits per heavy atom. The van der Waals surface area contributed by atoms with Crippen molar-refractivity contribution in [2.75, 3.05) is 44.6 Å². The molecule has 2 bridgehead atoms. The van der Waals surface area contributed by atoms with Crippen LogP contribution in [0, 0.1) is 11.8 Å². The summed E-state index contributed by atoms with van der Waals surface area (Å²) in [5.41, 5.74) is 1.19. The van der Waals surface area contributed by atoms with Gasteiger partial charge in [0.05, 0.1) is 12.3 Å². The number of piperazine rings is 1. The average molecular weight is 350 g/mol. The van der Waals surface area contributed by atoms with Gasteiger partial charge in [-0.3, -0.25) is 10.2 Å². The van der Waals surface area contributed by atoms with Crippen LogP contribution in [0.25, 0.3) is 0 Å². The van der Waals surface area contributed by atoms with Gasteiger partial charge in [0.2, 0.25) is 0 Å². The molecule has 1 aliphatic heterocycles. The van der Waals surface area contributed by atoms with Gasteiger partial charge in [-0.05, 0) is 31.1 Å². The molecule has 132 valence electrons. The van der Waals surface area contributed by atoms with Crippen molar-refractivity contribution < 1.29 is 9.90 Å². The summed E-state index contributed by atoms with van der Waals surface area (Å²) in [5, 5.41) is 14.8. The number of hydrogen-bond acceptors (Lipinski definition) is 5. The third kappa shape index (κ3) is 3.30. The zero-order valence-corrected chi connectivity index (χ0v) is 14.8. The number of carbonyl (C=O) groups excluding carboxylic acids is 1. The van der Waals surface area contributed by atoms with E-state index in [1.165, 1.54) is 31.4 Å². The maximum Gasteiger partial charge on any atom is 0.323 e. The lowest BCUT2D eigenvalue weighted by Crippen LogP contribution is -2.50. The van der Waals surface area contributed by atoms with Gasteiger partial charge >= 0.3 is 6.03 Å². The number of nitrogens with one attached hydrogen (secondary N) is 1. The van der Waals surface area contributed by atoms with Gasteiger partial charge in [0, 0.05) is 44.0 Å². The lowest BCUT2D eigenvalue weighted by molar-refractivity contribution is 0.127. The van der Waals surface area contributed by atoms with Crippen molar-refractivity contribution in [3.05, 3.63) is 11.1 Å². The van der Waals surface area contributed by atoms with Crippen molar-refractivity contribution in [2.45, 2.75) is 31.6 Å². The lowest BCUT2D eigenvalue weighted by atomic mass is 9.87. The molecular weight excluding hydrogens is 324 g/mol. The number of anilines is 1. The highest BCUT2D eigenvalue weighted by Gasteiger charge is 2.41. The number of aliphatic hydroxyl groups is 1. The number of aliphatic hydroxyl groups excluding tert-OH is 1.